The summed E-state index contributed by atoms with van der Waals surface area (Å²) in [5, 5.41) is 22.3. The third-order valence-electron chi connectivity index (χ3n) is 5.77. The van der Waals surface area contributed by atoms with Crippen LogP contribution >= 0.6 is 0 Å². The highest BCUT2D eigenvalue weighted by atomic mass is 16.5. The number of ether oxygens (including phenoxy) is 2. The first kappa shape index (κ1) is 22.2. The lowest BCUT2D eigenvalue weighted by Crippen LogP contribution is -2.41. The monoisotopic (exact) mass is 396 g/mol. The first-order chi connectivity index (χ1) is 13.4. The maximum Gasteiger partial charge on any atom is 0.309 e. The SMILES string of the molecule is O=C([O-])[C@H]1CCCC[C@H]1C(=O)OCCCCOC(=O)[C@@H]1CCCC[C@@H]1C(=O)[O-]. The highest BCUT2D eigenvalue weighted by molar-refractivity contribution is 5.81. The van der Waals surface area contributed by atoms with Crippen LogP contribution in [0.2, 0.25) is 0 Å². The molecule has 4 atom stereocenters. The van der Waals surface area contributed by atoms with Crippen LogP contribution in [0.25, 0.3) is 0 Å². The van der Waals surface area contributed by atoms with Gasteiger partial charge in [-0.25, -0.2) is 0 Å². The van der Waals surface area contributed by atoms with E-state index in [-0.39, 0.29) is 13.2 Å². The van der Waals surface area contributed by atoms with Gasteiger partial charge in [-0.2, -0.15) is 0 Å². The molecule has 158 valence electrons. The summed E-state index contributed by atoms with van der Waals surface area (Å²) in [6.45, 7) is 0.246. The van der Waals surface area contributed by atoms with Crippen molar-refractivity contribution in [1.29, 1.82) is 0 Å². The number of aliphatic carboxylic acids is 2. The summed E-state index contributed by atoms with van der Waals surface area (Å²) in [5.74, 6) is -6.29. The van der Waals surface area contributed by atoms with E-state index >= 15 is 0 Å². The lowest BCUT2D eigenvalue weighted by atomic mass is 9.79. The minimum atomic E-state index is -1.20. The smallest absolute Gasteiger partial charge is 0.309 e. The van der Waals surface area contributed by atoms with Crippen LogP contribution in [-0.2, 0) is 28.7 Å². The number of carbonyl (C=O) groups is 4. The fourth-order valence-corrected chi connectivity index (χ4v) is 4.15. The van der Waals surface area contributed by atoms with Crippen LogP contribution in [0.3, 0.4) is 0 Å². The molecule has 0 bridgehead atoms. The normalized spacial score (nSPS) is 27.6. The summed E-state index contributed by atoms with van der Waals surface area (Å²) in [5.41, 5.74) is 0. The number of hydrogen-bond acceptors (Lipinski definition) is 8. The molecule has 0 N–H and O–H groups in total. The number of rotatable bonds is 9. The number of carbonyl (C=O) groups excluding carboxylic acids is 4. The van der Waals surface area contributed by atoms with Crippen molar-refractivity contribution < 1.29 is 38.9 Å². The third-order valence-corrected chi connectivity index (χ3v) is 5.77. The van der Waals surface area contributed by atoms with Gasteiger partial charge in [0, 0.05) is 23.8 Å². The number of esters is 2. The van der Waals surface area contributed by atoms with Gasteiger partial charge in [-0.05, 0) is 38.5 Å². The van der Waals surface area contributed by atoms with Gasteiger partial charge in [0.2, 0.25) is 0 Å². The van der Waals surface area contributed by atoms with Crippen molar-refractivity contribution in [3.63, 3.8) is 0 Å². The highest BCUT2D eigenvalue weighted by Gasteiger charge is 2.34. The lowest BCUT2D eigenvalue weighted by molar-refractivity contribution is -0.315. The molecule has 0 spiro atoms. The maximum absolute atomic E-state index is 12.1. The van der Waals surface area contributed by atoms with Gasteiger partial charge in [-0.1, -0.05) is 25.7 Å². The molecule has 2 fully saturated rings. The molecule has 2 aliphatic carbocycles. The second-order valence-electron chi connectivity index (χ2n) is 7.68. The Kier molecular flexibility index (Phi) is 8.73. The van der Waals surface area contributed by atoms with Gasteiger partial charge in [0.15, 0.2) is 0 Å². The fraction of sp³-hybridized carbons (Fsp3) is 0.800. The molecule has 8 nitrogen and oxygen atoms in total. The first-order valence-electron chi connectivity index (χ1n) is 10.2. The van der Waals surface area contributed by atoms with E-state index in [1.807, 2.05) is 0 Å². The van der Waals surface area contributed by atoms with E-state index in [2.05, 4.69) is 0 Å². The molecule has 0 radical (unpaired) electrons. The standard InChI is InChI=1S/C20H30O8/c21-17(22)13-7-1-3-9-15(13)19(25)27-11-5-6-12-28-20(26)16-10-4-2-8-14(16)18(23)24/h13-16H,1-12H2,(H,21,22)(H,23,24)/p-2/t13-,14-,15+,16+/m0/s1. The van der Waals surface area contributed by atoms with Crippen molar-refractivity contribution in [2.24, 2.45) is 23.7 Å². The number of unbranched alkanes of at least 4 members (excludes halogenated alkanes) is 1. The van der Waals surface area contributed by atoms with E-state index in [4.69, 9.17) is 9.47 Å². The molecule has 0 saturated heterocycles. The summed E-state index contributed by atoms with van der Waals surface area (Å²) >= 11 is 0. The van der Waals surface area contributed by atoms with Crippen molar-refractivity contribution in [1.82, 2.24) is 0 Å². The largest absolute Gasteiger partial charge is 0.550 e. The molecule has 0 aromatic rings. The summed E-state index contributed by atoms with van der Waals surface area (Å²) < 4.78 is 10.4. The Balaban J connectivity index is 1.63. The van der Waals surface area contributed by atoms with Gasteiger partial charge in [-0.3, -0.25) is 9.59 Å². The summed E-state index contributed by atoms with van der Waals surface area (Å²) in [4.78, 5) is 46.5. The molecule has 0 aromatic carbocycles. The zero-order valence-corrected chi connectivity index (χ0v) is 16.1. The van der Waals surface area contributed by atoms with Gasteiger partial charge in [-0.15, -0.1) is 0 Å². The molecule has 0 amide bonds. The maximum atomic E-state index is 12.1. The highest BCUT2D eigenvalue weighted by Crippen LogP contribution is 2.31. The molecule has 28 heavy (non-hydrogen) atoms. The van der Waals surface area contributed by atoms with Crippen LogP contribution in [0, 0.1) is 23.7 Å². The summed E-state index contributed by atoms with van der Waals surface area (Å²) in [7, 11) is 0. The Bertz CT molecular complexity index is 523. The third kappa shape index (κ3) is 6.21. The zero-order valence-electron chi connectivity index (χ0n) is 16.1. The van der Waals surface area contributed by atoms with Gasteiger partial charge >= 0.3 is 11.9 Å². The minimum Gasteiger partial charge on any atom is -0.550 e. The molecular weight excluding hydrogens is 368 g/mol. The molecular formula is C20H28O8-2. The van der Waals surface area contributed by atoms with E-state index in [0.29, 0.717) is 38.5 Å². The van der Waals surface area contributed by atoms with Crippen molar-refractivity contribution >= 4 is 23.9 Å². The lowest BCUT2D eigenvalue weighted by Gasteiger charge is -2.30. The second-order valence-corrected chi connectivity index (χ2v) is 7.68. The minimum absolute atomic E-state index is 0.123. The van der Waals surface area contributed by atoms with Crippen LogP contribution in [0.4, 0.5) is 0 Å². The first-order valence-corrected chi connectivity index (χ1v) is 10.2. The number of carboxylic acid groups (broad SMARTS) is 2. The van der Waals surface area contributed by atoms with Gasteiger partial charge in [0.05, 0.1) is 25.0 Å². The second kappa shape index (κ2) is 11.0. The van der Waals surface area contributed by atoms with Crippen molar-refractivity contribution in [2.45, 2.75) is 64.2 Å². The van der Waals surface area contributed by atoms with Crippen LogP contribution in [-0.4, -0.2) is 37.1 Å². The molecule has 0 heterocycles. The van der Waals surface area contributed by atoms with Crippen molar-refractivity contribution in [2.75, 3.05) is 13.2 Å². The van der Waals surface area contributed by atoms with E-state index in [1.54, 1.807) is 0 Å². The quantitative estimate of drug-likeness (QED) is 0.392. The Morgan fingerprint density at radius 3 is 1.25 bits per heavy atom. The number of carboxylic acids is 2. The van der Waals surface area contributed by atoms with E-state index in [1.165, 1.54) is 0 Å². The molecule has 0 aliphatic heterocycles. The van der Waals surface area contributed by atoms with E-state index < -0.39 is 47.5 Å². The van der Waals surface area contributed by atoms with Crippen LogP contribution in [0.15, 0.2) is 0 Å². The zero-order chi connectivity index (χ0) is 20.5. The topological polar surface area (TPSA) is 133 Å². The van der Waals surface area contributed by atoms with E-state index in [0.717, 1.165) is 25.7 Å². The Morgan fingerprint density at radius 1 is 0.607 bits per heavy atom. The van der Waals surface area contributed by atoms with Gasteiger partial charge in [0.25, 0.3) is 0 Å². The van der Waals surface area contributed by atoms with Crippen LogP contribution < -0.4 is 10.2 Å². The Labute approximate surface area is 164 Å². The van der Waals surface area contributed by atoms with Gasteiger partial charge < -0.3 is 29.3 Å². The average Bonchev–Trinajstić information content (AvgIpc) is 2.70. The Morgan fingerprint density at radius 2 is 0.929 bits per heavy atom. The molecule has 2 rings (SSSR count). The fourth-order valence-electron chi connectivity index (χ4n) is 4.15. The molecule has 2 saturated carbocycles. The van der Waals surface area contributed by atoms with Gasteiger partial charge in [0.1, 0.15) is 0 Å². The molecule has 2 aliphatic rings. The number of hydrogen-bond donors (Lipinski definition) is 0. The predicted molar refractivity (Wildman–Crippen MR) is 92.1 cm³/mol. The molecule has 8 heteroatoms. The van der Waals surface area contributed by atoms with Crippen LogP contribution in [0.1, 0.15) is 64.2 Å². The summed E-state index contributed by atoms with van der Waals surface area (Å²) in [6, 6.07) is 0. The van der Waals surface area contributed by atoms with Crippen LogP contribution in [0.5, 0.6) is 0 Å². The van der Waals surface area contributed by atoms with E-state index in [9.17, 15) is 29.4 Å². The Hall–Kier alpha value is -2.12. The molecule has 0 unspecified atom stereocenters. The average molecular weight is 396 g/mol. The summed E-state index contributed by atoms with van der Waals surface area (Å²) in [6.07, 6.45) is 5.94. The predicted octanol–water partition coefficient (Wildman–Crippen LogP) is -0.0344. The van der Waals surface area contributed by atoms with Crippen molar-refractivity contribution in [3.8, 4) is 0 Å². The van der Waals surface area contributed by atoms with Crippen molar-refractivity contribution in [3.05, 3.63) is 0 Å². The molecule has 0 aromatic heterocycles.